The molecule has 1 rings (SSSR count). The lowest BCUT2D eigenvalue weighted by Crippen LogP contribution is -2.20. The van der Waals surface area contributed by atoms with Crippen LogP contribution in [0.3, 0.4) is 0 Å². The zero-order valence-corrected chi connectivity index (χ0v) is 8.78. The summed E-state index contributed by atoms with van der Waals surface area (Å²) in [6, 6.07) is 8.37. The van der Waals surface area contributed by atoms with E-state index in [9.17, 15) is 0 Å². The molecule has 0 amide bonds. The fourth-order valence-electron chi connectivity index (χ4n) is 1.08. The van der Waals surface area contributed by atoms with Gasteiger partial charge < -0.3 is 0 Å². The molecule has 2 N–H and O–H groups in total. The predicted octanol–water partition coefficient (Wildman–Crippen LogP) is 2.15. The molecule has 0 radical (unpaired) electrons. The summed E-state index contributed by atoms with van der Waals surface area (Å²) < 4.78 is 0. The van der Waals surface area contributed by atoms with Gasteiger partial charge >= 0.3 is 0 Å². The van der Waals surface area contributed by atoms with Crippen LogP contribution in [0.25, 0.3) is 0 Å². The fourth-order valence-corrected chi connectivity index (χ4v) is 1.08. The Labute approximate surface area is 84.4 Å². The zero-order chi connectivity index (χ0) is 10.4. The van der Waals surface area contributed by atoms with E-state index >= 15 is 0 Å². The third kappa shape index (κ3) is 3.14. The van der Waals surface area contributed by atoms with Crippen molar-refractivity contribution >= 4 is 0 Å². The highest BCUT2D eigenvalue weighted by molar-refractivity contribution is 5.23. The monoisotopic (exact) mass is 192 g/mol. The van der Waals surface area contributed by atoms with E-state index in [0.717, 1.165) is 5.56 Å². The van der Waals surface area contributed by atoms with Crippen molar-refractivity contribution in [2.45, 2.75) is 19.9 Å². The van der Waals surface area contributed by atoms with Crippen LogP contribution >= 0.6 is 0 Å². The van der Waals surface area contributed by atoms with E-state index in [0.29, 0.717) is 0 Å². The molecule has 76 valence electrons. The molecule has 0 bridgehead atoms. The summed E-state index contributed by atoms with van der Waals surface area (Å²) in [6.45, 7) is 4.07. The maximum atomic E-state index is 4.07. The third-order valence-corrected chi connectivity index (χ3v) is 1.95. The van der Waals surface area contributed by atoms with Crippen LogP contribution in [-0.4, -0.2) is 7.05 Å². The lowest BCUT2D eigenvalue weighted by atomic mass is 10.1. The van der Waals surface area contributed by atoms with E-state index < -0.39 is 0 Å². The summed E-state index contributed by atoms with van der Waals surface area (Å²) in [5.41, 5.74) is 7.66. The summed E-state index contributed by atoms with van der Waals surface area (Å²) in [5, 5.41) is 7.82. The molecule has 0 aliphatic carbocycles. The van der Waals surface area contributed by atoms with E-state index in [4.69, 9.17) is 0 Å². The fraction of sp³-hybridized carbons (Fsp3) is 0.400. The quantitative estimate of drug-likeness (QED) is 0.567. The van der Waals surface area contributed by atoms with Gasteiger partial charge in [-0.15, -0.1) is 0 Å². The van der Waals surface area contributed by atoms with Crippen LogP contribution in [-0.2, 0) is 0 Å². The number of hydrogen-bond donors (Lipinski definition) is 2. The second-order valence-electron chi connectivity index (χ2n) is 3.16. The van der Waals surface area contributed by atoms with Gasteiger partial charge in [0.2, 0.25) is 0 Å². The van der Waals surface area contributed by atoms with Crippen LogP contribution in [0.5, 0.6) is 0 Å². The van der Waals surface area contributed by atoms with Gasteiger partial charge in [0.15, 0.2) is 0 Å². The van der Waals surface area contributed by atoms with Crippen molar-refractivity contribution in [3.05, 3.63) is 35.4 Å². The van der Waals surface area contributed by atoms with Crippen molar-refractivity contribution in [2.24, 2.45) is 10.3 Å². The number of nitrogens with zero attached hydrogens (tertiary/aromatic N) is 2. The van der Waals surface area contributed by atoms with Gasteiger partial charge in [-0.25, -0.2) is 11.0 Å². The smallest absolute Gasteiger partial charge is 0.0951 e. The van der Waals surface area contributed by atoms with Gasteiger partial charge in [-0.3, -0.25) is 0 Å². The Bertz CT molecular complexity index is 291. The molecule has 1 aromatic rings. The standard InChI is InChI=1S/C10H16N4/c1-8-4-6-10(7-5-8)9(2)12-14-13-11-3/h4-7,9H,1-3H3,(H,11,14)(H,12,13). The largest absolute Gasteiger partial charge is 0.225 e. The first-order valence-electron chi connectivity index (χ1n) is 4.62. The zero-order valence-electron chi connectivity index (χ0n) is 8.78. The summed E-state index contributed by atoms with van der Waals surface area (Å²) in [6.07, 6.45) is 0. The highest BCUT2D eigenvalue weighted by atomic mass is 15.6. The van der Waals surface area contributed by atoms with Crippen molar-refractivity contribution in [3.8, 4) is 0 Å². The molecule has 0 aromatic heterocycles. The van der Waals surface area contributed by atoms with Crippen LogP contribution in [0.15, 0.2) is 34.6 Å². The van der Waals surface area contributed by atoms with Crippen LogP contribution in [0.1, 0.15) is 24.1 Å². The molecule has 4 nitrogen and oxygen atoms in total. The van der Waals surface area contributed by atoms with E-state index in [-0.39, 0.29) is 6.04 Å². The molecule has 0 saturated carbocycles. The second-order valence-corrected chi connectivity index (χ2v) is 3.16. The van der Waals surface area contributed by atoms with E-state index in [1.54, 1.807) is 7.05 Å². The van der Waals surface area contributed by atoms with Crippen molar-refractivity contribution in [1.82, 2.24) is 11.0 Å². The molecule has 1 atom stereocenters. The highest BCUT2D eigenvalue weighted by Crippen LogP contribution is 2.16. The van der Waals surface area contributed by atoms with Gasteiger partial charge in [0, 0.05) is 7.05 Å². The average Bonchev–Trinajstić information content (AvgIpc) is 2.19. The molecule has 1 unspecified atom stereocenters. The molecule has 0 spiro atoms. The van der Waals surface area contributed by atoms with Crippen LogP contribution in [0.2, 0.25) is 0 Å². The third-order valence-electron chi connectivity index (χ3n) is 1.95. The van der Waals surface area contributed by atoms with Crippen LogP contribution in [0, 0.1) is 6.92 Å². The normalized spacial score (nSPS) is 13.1. The first-order chi connectivity index (χ1) is 6.74. The molecular weight excluding hydrogens is 176 g/mol. The molecule has 4 heteroatoms. The molecule has 0 fully saturated rings. The summed E-state index contributed by atoms with van der Waals surface area (Å²) in [7, 11) is 1.75. The van der Waals surface area contributed by atoms with Crippen LogP contribution in [0.4, 0.5) is 0 Å². The number of aryl methyl sites for hydroxylation is 1. The first-order valence-corrected chi connectivity index (χ1v) is 4.62. The van der Waals surface area contributed by atoms with Gasteiger partial charge in [0.1, 0.15) is 0 Å². The minimum Gasteiger partial charge on any atom is -0.225 e. The molecule has 0 heterocycles. The highest BCUT2D eigenvalue weighted by Gasteiger charge is 2.01. The van der Waals surface area contributed by atoms with Gasteiger partial charge in [-0.2, -0.15) is 5.11 Å². The predicted molar refractivity (Wildman–Crippen MR) is 56.6 cm³/mol. The minimum atomic E-state index is 0.0800. The van der Waals surface area contributed by atoms with Gasteiger partial charge in [0.25, 0.3) is 0 Å². The van der Waals surface area contributed by atoms with E-state index in [2.05, 4.69) is 52.5 Å². The second kappa shape index (κ2) is 5.34. The Morgan fingerprint density at radius 3 is 2.43 bits per heavy atom. The number of benzene rings is 1. The van der Waals surface area contributed by atoms with E-state index in [1.165, 1.54) is 5.56 Å². The average molecular weight is 192 g/mol. The molecule has 0 aliphatic rings. The van der Waals surface area contributed by atoms with E-state index in [1.807, 2.05) is 6.92 Å². The summed E-state index contributed by atoms with van der Waals surface area (Å²) in [5.74, 6) is 0. The topological polar surface area (TPSA) is 48.8 Å². The summed E-state index contributed by atoms with van der Waals surface area (Å²) in [4.78, 5) is 0. The Balaban J connectivity index is 2.60. The lowest BCUT2D eigenvalue weighted by molar-refractivity contribution is 0.562. The number of nitrogens with one attached hydrogen (secondary N) is 2. The van der Waals surface area contributed by atoms with Gasteiger partial charge in [-0.05, 0) is 19.4 Å². The number of hydrazine groups is 1. The summed E-state index contributed by atoms with van der Waals surface area (Å²) >= 11 is 0. The first kappa shape index (κ1) is 10.7. The molecular formula is C10H16N4. The maximum absolute atomic E-state index is 4.07. The lowest BCUT2D eigenvalue weighted by Gasteiger charge is -2.05. The number of rotatable bonds is 4. The van der Waals surface area contributed by atoms with Crippen molar-refractivity contribution in [2.75, 3.05) is 7.05 Å². The Hall–Kier alpha value is -1.42. The molecule has 0 aliphatic heterocycles. The minimum absolute atomic E-state index is 0.0800. The Morgan fingerprint density at radius 2 is 1.86 bits per heavy atom. The molecule has 0 saturated heterocycles. The molecule has 14 heavy (non-hydrogen) atoms. The Morgan fingerprint density at radius 1 is 1.21 bits per heavy atom. The van der Waals surface area contributed by atoms with Gasteiger partial charge in [-0.1, -0.05) is 35.1 Å². The van der Waals surface area contributed by atoms with Crippen molar-refractivity contribution in [1.29, 1.82) is 0 Å². The van der Waals surface area contributed by atoms with Crippen molar-refractivity contribution < 1.29 is 0 Å². The van der Waals surface area contributed by atoms with Gasteiger partial charge in [0.05, 0.1) is 6.04 Å². The Kier molecular flexibility index (Phi) is 4.07. The molecule has 1 aromatic carbocycles. The van der Waals surface area contributed by atoms with Crippen molar-refractivity contribution in [3.63, 3.8) is 0 Å². The number of hydrogen-bond acceptors (Lipinski definition) is 3. The SMILES string of the molecule is CNNN=NC(C)c1ccc(C)cc1. The maximum Gasteiger partial charge on any atom is 0.0951 e. The van der Waals surface area contributed by atoms with Crippen LogP contribution < -0.4 is 11.0 Å².